The third kappa shape index (κ3) is 7.66. The van der Waals surface area contributed by atoms with E-state index in [1.54, 1.807) is 40.5 Å². The molecule has 0 radical (unpaired) electrons. The molecule has 1 N–H and O–H groups in total. The van der Waals surface area contributed by atoms with E-state index >= 15 is 0 Å². The molecule has 37 heavy (non-hydrogen) atoms. The fourth-order valence-electron chi connectivity index (χ4n) is 4.39. The van der Waals surface area contributed by atoms with Crippen molar-refractivity contribution in [1.82, 2.24) is 14.7 Å². The van der Waals surface area contributed by atoms with Crippen molar-refractivity contribution in [1.29, 1.82) is 5.26 Å². The Balaban J connectivity index is 1.50. The maximum absolute atomic E-state index is 13.7. The highest BCUT2D eigenvalue weighted by molar-refractivity contribution is 7.10. The van der Waals surface area contributed by atoms with Gasteiger partial charge in [-0.05, 0) is 79.7 Å². The van der Waals surface area contributed by atoms with E-state index in [1.165, 1.54) is 18.4 Å². The third-order valence-electron chi connectivity index (χ3n) is 6.64. The normalized spacial score (nSPS) is 13.2. The van der Waals surface area contributed by atoms with Gasteiger partial charge in [0.05, 0.1) is 18.2 Å². The minimum atomic E-state index is -0.316. The van der Waals surface area contributed by atoms with Crippen molar-refractivity contribution in [2.75, 3.05) is 38.0 Å². The number of rotatable bonds is 10. The zero-order chi connectivity index (χ0) is 26.0. The van der Waals surface area contributed by atoms with Gasteiger partial charge < -0.3 is 20.0 Å². The van der Waals surface area contributed by atoms with Crippen LogP contribution in [0.1, 0.15) is 34.4 Å². The highest BCUT2D eigenvalue weighted by Gasteiger charge is 2.24. The van der Waals surface area contributed by atoms with Crippen LogP contribution in [0.3, 0.4) is 0 Å². The first kappa shape index (κ1) is 26.4. The number of hydrogen-bond acceptors (Lipinski definition) is 5. The maximum atomic E-state index is 13.7. The third-order valence-corrected chi connectivity index (χ3v) is 7.64. The number of carbonyl (C=O) groups excluding carboxylic acids is 2. The number of hydrogen-bond donors (Lipinski definition) is 1. The van der Waals surface area contributed by atoms with E-state index < -0.39 is 0 Å². The summed E-state index contributed by atoms with van der Waals surface area (Å²) in [6.45, 7) is 6.29. The molecule has 0 unspecified atom stereocenters. The van der Waals surface area contributed by atoms with Crippen LogP contribution in [0.15, 0.2) is 66.0 Å². The Kier molecular flexibility index (Phi) is 9.30. The first-order valence-electron chi connectivity index (χ1n) is 12.6. The summed E-state index contributed by atoms with van der Waals surface area (Å²) in [4.78, 5) is 33.9. The molecular weight excluding hydrogens is 482 g/mol. The minimum absolute atomic E-state index is 0.00674. The Morgan fingerprint density at radius 2 is 1.73 bits per heavy atom. The van der Waals surface area contributed by atoms with Gasteiger partial charge in [0.1, 0.15) is 6.54 Å². The molecule has 0 aliphatic carbocycles. The van der Waals surface area contributed by atoms with Gasteiger partial charge in [0, 0.05) is 30.2 Å². The summed E-state index contributed by atoms with van der Waals surface area (Å²) >= 11 is 1.65. The lowest BCUT2D eigenvalue weighted by molar-refractivity contribution is -0.133. The van der Waals surface area contributed by atoms with Crippen LogP contribution in [-0.4, -0.2) is 59.4 Å². The van der Waals surface area contributed by atoms with Crippen molar-refractivity contribution in [3.63, 3.8) is 0 Å². The molecule has 7 nitrogen and oxygen atoms in total. The average Bonchev–Trinajstić information content (AvgIpc) is 3.59. The van der Waals surface area contributed by atoms with Crippen LogP contribution in [0.4, 0.5) is 10.5 Å². The van der Waals surface area contributed by atoms with Crippen LogP contribution in [0, 0.1) is 18.3 Å². The van der Waals surface area contributed by atoms with E-state index in [1.807, 2.05) is 40.6 Å². The van der Waals surface area contributed by atoms with Crippen LogP contribution in [0.25, 0.3) is 0 Å². The molecule has 2 aromatic carbocycles. The quantitative estimate of drug-likeness (QED) is 0.408. The predicted molar refractivity (Wildman–Crippen MR) is 147 cm³/mol. The van der Waals surface area contributed by atoms with Crippen molar-refractivity contribution in [3.8, 4) is 6.07 Å². The monoisotopic (exact) mass is 515 g/mol. The summed E-state index contributed by atoms with van der Waals surface area (Å²) in [5.74, 6) is -0.0898. The van der Waals surface area contributed by atoms with Gasteiger partial charge in [-0.15, -0.1) is 11.3 Å². The fraction of sp³-hybridized carbons (Fsp3) is 0.345. The van der Waals surface area contributed by atoms with E-state index in [4.69, 9.17) is 5.26 Å². The molecule has 3 aromatic rings. The number of nitriles is 1. The number of likely N-dealkylation sites (tertiary alicyclic amines) is 1. The highest BCUT2D eigenvalue weighted by atomic mass is 32.1. The van der Waals surface area contributed by atoms with Crippen molar-refractivity contribution >= 4 is 29.0 Å². The standard InChI is InChI=1S/C29H33N5O2S/c1-23-13-18-37-27(23)21-34(20-25-7-3-2-4-8-25)28(35)22-33(17-16-32-14-5-6-15-32)29(36)31-26-11-9-24(19-30)10-12-26/h2-4,7-13,18H,5-6,14-17,20-22H2,1H3,(H,31,36). The molecule has 1 aromatic heterocycles. The fourth-order valence-corrected chi connectivity index (χ4v) is 5.31. The summed E-state index contributed by atoms with van der Waals surface area (Å²) in [6, 6.07) is 20.5. The minimum Gasteiger partial charge on any atom is -0.332 e. The molecule has 192 valence electrons. The molecule has 0 saturated carbocycles. The van der Waals surface area contributed by atoms with Crippen molar-refractivity contribution in [2.24, 2.45) is 0 Å². The molecule has 0 bridgehead atoms. The van der Waals surface area contributed by atoms with E-state index in [-0.39, 0.29) is 18.5 Å². The molecule has 0 atom stereocenters. The number of benzene rings is 2. The SMILES string of the molecule is Cc1ccsc1CN(Cc1ccccc1)C(=O)CN(CCN1CCCC1)C(=O)Nc1ccc(C#N)cc1. The Morgan fingerprint density at radius 3 is 2.38 bits per heavy atom. The molecular formula is C29H33N5O2S. The summed E-state index contributed by atoms with van der Waals surface area (Å²) in [7, 11) is 0. The topological polar surface area (TPSA) is 79.7 Å². The zero-order valence-corrected chi connectivity index (χ0v) is 22.0. The molecule has 8 heteroatoms. The molecule has 2 heterocycles. The number of thiophene rings is 1. The van der Waals surface area contributed by atoms with E-state index in [2.05, 4.69) is 29.3 Å². The maximum Gasteiger partial charge on any atom is 0.322 e. The lowest BCUT2D eigenvalue weighted by atomic mass is 10.2. The number of anilines is 1. The molecule has 1 aliphatic rings. The first-order chi connectivity index (χ1) is 18.0. The summed E-state index contributed by atoms with van der Waals surface area (Å²) in [6.07, 6.45) is 2.34. The van der Waals surface area contributed by atoms with Crippen LogP contribution in [0.5, 0.6) is 0 Å². The van der Waals surface area contributed by atoms with Crippen molar-refractivity contribution in [2.45, 2.75) is 32.9 Å². The molecule has 1 fully saturated rings. The smallest absolute Gasteiger partial charge is 0.322 e. The first-order valence-corrected chi connectivity index (χ1v) is 13.5. The summed E-state index contributed by atoms with van der Waals surface area (Å²) < 4.78 is 0. The largest absolute Gasteiger partial charge is 0.332 e. The van der Waals surface area contributed by atoms with Gasteiger partial charge in [0.25, 0.3) is 0 Å². The molecule has 1 saturated heterocycles. The zero-order valence-electron chi connectivity index (χ0n) is 21.2. The van der Waals surface area contributed by atoms with Crippen molar-refractivity contribution < 1.29 is 9.59 Å². The summed E-state index contributed by atoms with van der Waals surface area (Å²) in [5.41, 5.74) is 3.34. The number of nitrogens with one attached hydrogen (secondary N) is 1. The summed E-state index contributed by atoms with van der Waals surface area (Å²) in [5, 5.41) is 14.0. The number of nitrogens with zero attached hydrogens (tertiary/aromatic N) is 4. The Labute approximate surface area is 222 Å². The Bertz CT molecular complexity index is 1210. The second-order valence-electron chi connectivity index (χ2n) is 9.35. The van der Waals surface area contributed by atoms with Crippen molar-refractivity contribution in [3.05, 3.63) is 87.6 Å². The van der Waals surface area contributed by atoms with Crippen LogP contribution in [0.2, 0.25) is 0 Å². The Hall–Kier alpha value is -3.67. The van der Waals surface area contributed by atoms with Gasteiger partial charge in [-0.25, -0.2) is 4.79 Å². The second kappa shape index (κ2) is 13.0. The van der Waals surface area contributed by atoms with Crippen LogP contribution < -0.4 is 5.32 Å². The van der Waals surface area contributed by atoms with Gasteiger partial charge in [0.2, 0.25) is 5.91 Å². The van der Waals surface area contributed by atoms with E-state index in [0.29, 0.717) is 30.9 Å². The Morgan fingerprint density at radius 1 is 1.00 bits per heavy atom. The van der Waals surface area contributed by atoms with Crippen LogP contribution in [-0.2, 0) is 17.9 Å². The lowest BCUT2D eigenvalue weighted by Gasteiger charge is -2.29. The lowest BCUT2D eigenvalue weighted by Crippen LogP contribution is -2.46. The highest BCUT2D eigenvalue weighted by Crippen LogP contribution is 2.20. The van der Waals surface area contributed by atoms with Crippen LogP contribution >= 0.6 is 11.3 Å². The molecule has 3 amide bonds. The van der Waals surface area contributed by atoms with Gasteiger partial charge >= 0.3 is 6.03 Å². The van der Waals surface area contributed by atoms with E-state index in [0.717, 1.165) is 30.1 Å². The van der Waals surface area contributed by atoms with Gasteiger partial charge in [0.15, 0.2) is 0 Å². The molecule has 4 rings (SSSR count). The number of carbonyl (C=O) groups is 2. The van der Waals surface area contributed by atoms with Gasteiger partial charge in [-0.1, -0.05) is 30.3 Å². The molecule has 1 aliphatic heterocycles. The second-order valence-corrected chi connectivity index (χ2v) is 10.4. The molecule has 0 spiro atoms. The van der Waals surface area contributed by atoms with E-state index in [9.17, 15) is 9.59 Å². The van der Waals surface area contributed by atoms with Gasteiger partial charge in [-0.2, -0.15) is 5.26 Å². The number of urea groups is 1. The van der Waals surface area contributed by atoms with Gasteiger partial charge in [-0.3, -0.25) is 4.79 Å². The number of amides is 3. The average molecular weight is 516 g/mol. The predicted octanol–water partition coefficient (Wildman–Crippen LogP) is 5.09. The number of aryl methyl sites for hydroxylation is 1.